The van der Waals surface area contributed by atoms with Crippen LogP contribution in [0, 0.1) is 6.92 Å². The molecule has 2 N–H and O–H groups in total. The van der Waals surface area contributed by atoms with Gasteiger partial charge < -0.3 is 19.9 Å². The van der Waals surface area contributed by atoms with Crippen molar-refractivity contribution in [2.45, 2.75) is 26.5 Å². The summed E-state index contributed by atoms with van der Waals surface area (Å²) in [5.74, 6) is 0. The van der Waals surface area contributed by atoms with Crippen molar-refractivity contribution in [2.75, 3.05) is 33.0 Å². The van der Waals surface area contributed by atoms with Gasteiger partial charge in [-0.3, -0.25) is 4.98 Å². The Kier molecular flexibility index (Phi) is 8.33. The topological polar surface area (TPSA) is 63.6 Å². The Bertz CT molecular complexity index is 347. The van der Waals surface area contributed by atoms with E-state index < -0.39 is 6.10 Å². The summed E-state index contributed by atoms with van der Waals surface area (Å²) in [6.07, 6.45) is -0.508. The van der Waals surface area contributed by atoms with E-state index in [-0.39, 0.29) is 0 Å². The van der Waals surface area contributed by atoms with Crippen LogP contribution in [-0.2, 0) is 16.0 Å². The number of aliphatic hydroxyl groups is 1. The standard InChI is InChI=1S/C14H24N2O3/c1-3-18-7-8-19-11-14(17)10-15-9-13-6-4-5-12(2)16-13/h4-6,14-15,17H,3,7-11H2,1-2H3. The van der Waals surface area contributed by atoms with E-state index in [0.29, 0.717) is 39.5 Å². The SMILES string of the molecule is CCOCCOCC(O)CNCc1cccc(C)n1. The molecule has 0 saturated heterocycles. The van der Waals surface area contributed by atoms with Crippen LogP contribution in [0.2, 0.25) is 0 Å². The predicted molar refractivity (Wildman–Crippen MR) is 74.0 cm³/mol. The number of ether oxygens (including phenoxy) is 2. The molecule has 1 rings (SSSR count). The van der Waals surface area contributed by atoms with Gasteiger partial charge in [-0.25, -0.2) is 0 Å². The van der Waals surface area contributed by atoms with Crippen molar-refractivity contribution in [1.82, 2.24) is 10.3 Å². The van der Waals surface area contributed by atoms with Crippen LogP contribution in [0.1, 0.15) is 18.3 Å². The summed E-state index contributed by atoms with van der Waals surface area (Å²) in [6.45, 7) is 7.15. The lowest BCUT2D eigenvalue weighted by atomic mass is 10.3. The first kappa shape index (κ1) is 16.0. The second kappa shape index (κ2) is 9.86. The van der Waals surface area contributed by atoms with Gasteiger partial charge in [0.2, 0.25) is 0 Å². The fourth-order valence-electron chi connectivity index (χ4n) is 1.61. The molecular weight excluding hydrogens is 244 g/mol. The molecule has 0 spiro atoms. The molecule has 1 atom stereocenters. The highest BCUT2D eigenvalue weighted by molar-refractivity contribution is 5.09. The molecule has 0 radical (unpaired) electrons. The Morgan fingerprint density at radius 1 is 1.32 bits per heavy atom. The highest BCUT2D eigenvalue weighted by atomic mass is 16.5. The molecule has 0 aliphatic carbocycles. The normalized spacial score (nSPS) is 12.6. The summed E-state index contributed by atoms with van der Waals surface area (Å²) in [4.78, 5) is 4.37. The number of aryl methyl sites for hydroxylation is 1. The molecule has 0 fully saturated rings. The second-order valence-electron chi connectivity index (χ2n) is 4.33. The third kappa shape index (κ3) is 7.89. The van der Waals surface area contributed by atoms with Crippen molar-refractivity contribution in [3.05, 3.63) is 29.6 Å². The third-order valence-electron chi connectivity index (χ3n) is 2.52. The number of nitrogens with zero attached hydrogens (tertiary/aromatic N) is 1. The van der Waals surface area contributed by atoms with Crippen LogP contribution in [0.5, 0.6) is 0 Å². The summed E-state index contributed by atoms with van der Waals surface area (Å²) in [5.41, 5.74) is 1.98. The first-order chi connectivity index (χ1) is 9.22. The molecule has 1 unspecified atom stereocenters. The number of hydrogen-bond donors (Lipinski definition) is 2. The lowest BCUT2D eigenvalue weighted by Crippen LogP contribution is -2.30. The smallest absolute Gasteiger partial charge is 0.0897 e. The number of aliphatic hydroxyl groups excluding tert-OH is 1. The molecule has 0 saturated carbocycles. The van der Waals surface area contributed by atoms with Crippen LogP contribution in [-0.4, -0.2) is 49.2 Å². The number of aromatic nitrogens is 1. The molecule has 19 heavy (non-hydrogen) atoms. The summed E-state index contributed by atoms with van der Waals surface area (Å²) < 4.78 is 10.4. The fraction of sp³-hybridized carbons (Fsp3) is 0.643. The van der Waals surface area contributed by atoms with Crippen LogP contribution in [0.4, 0.5) is 0 Å². The zero-order chi connectivity index (χ0) is 13.9. The summed E-state index contributed by atoms with van der Waals surface area (Å²) in [7, 11) is 0. The second-order valence-corrected chi connectivity index (χ2v) is 4.33. The maximum atomic E-state index is 9.69. The summed E-state index contributed by atoms with van der Waals surface area (Å²) in [6, 6.07) is 5.90. The minimum absolute atomic E-state index is 0.321. The van der Waals surface area contributed by atoms with Gasteiger partial charge in [0.25, 0.3) is 0 Å². The first-order valence-electron chi connectivity index (χ1n) is 6.69. The molecule has 0 aliphatic heterocycles. The van der Waals surface area contributed by atoms with Crippen molar-refractivity contribution >= 4 is 0 Å². The number of hydrogen-bond acceptors (Lipinski definition) is 5. The molecule has 5 heteroatoms. The van der Waals surface area contributed by atoms with Gasteiger partial charge in [-0.1, -0.05) is 6.07 Å². The first-order valence-corrected chi connectivity index (χ1v) is 6.69. The number of nitrogens with one attached hydrogen (secondary N) is 1. The van der Waals surface area contributed by atoms with Crippen molar-refractivity contribution in [3.63, 3.8) is 0 Å². The number of rotatable bonds is 10. The van der Waals surface area contributed by atoms with E-state index in [4.69, 9.17) is 9.47 Å². The molecule has 108 valence electrons. The van der Waals surface area contributed by atoms with Gasteiger partial charge in [0.15, 0.2) is 0 Å². The molecule has 0 amide bonds. The molecule has 0 bridgehead atoms. The average molecular weight is 268 g/mol. The molecule has 1 aromatic heterocycles. The van der Waals surface area contributed by atoms with Crippen LogP contribution in [0.15, 0.2) is 18.2 Å². The largest absolute Gasteiger partial charge is 0.389 e. The van der Waals surface area contributed by atoms with Crippen molar-refractivity contribution in [1.29, 1.82) is 0 Å². The minimum atomic E-state index is -0.508. The van der Waals surface area contributed by atoms with Crippen molar-refractivity contribution < 1.29 is 14.6 Å². The zero-order valence-electron chi connectivity index (χ0n) is 11.8. The van der Waals surface area contributed by atoms with Gasteiger partial charge in [-0.2, -0.15) is 0 Å². The minimum Gasteiger partial charge on any atom is -0.389 e. The third-order valence-corrected chi connectivity index (χ3v) is 2.52. The Labute approximate surface area is 115 Å². The highest BCUT2D eigenvalue weighted by Gasteiger charge is 2.04. The maximum Gasteiger partial charge on any atom is 0.0897 e. The molecule has 1 aromatic rings. The van der Waals surface area contributed by atoms with Gasteiger partial charge in [-0.05, 0) is 26.0 Å². The average Bonchev–Trinajstić information content (AvgIpc) is 2.38. The van der Waals surface area contributed by atoms with Gasteiger partial charge in [0, 0.05) is 25.4 Å². The highest BCUT2D eigenvalue weighted by Crippen LogP contribution is 1.97. The Morgan fingerprint density at radius 3 is 2.84 bits per heavy atom. The van der Waals surface area contributed by atoms with Gasteiger partial charge >= 0.3 is 0 Å². The van der Waals surface area contributed by atoms with E-state index in [2.05, 4.69) is 10.3 Å². The zero-order valence-corrected chi connectivity index (χ0v) is 11.8. The predicted octanol–water partition coefficient (Wildman–Crippen LogP) is 0.894. The van der Waals surface area contributed by atoms with E-state index >= 15 is 0 Å². The maximum absolute atomic E-state index is 9.69. The fourth-order valence-corrected chi connectivity index (χ4v) is 1.61. The monoisotopic (exact) mass is 268 g/mol. The summed E-state index contributed by atoms with van der Waals surface area (Å²) >= 11 is 0. The molecule has 5 nitrogen and oxygen atoms in total. The quantitative estimate of drug-likeness (QED) is 0.617. The van der Waals surface area contributed by atoms with E-state index in [9.17, 15) is 5.11 Å². The Morgan fingerprint density at radius 2 is 2.11 bits per heavy atom. The van der Waals surface area contributed by atoms with Gasteiger partial charge in [0.1, 0.15) is 0 Å². The van der Waals surface area contributed by atoms with Crippen molar-refractivity contribution in [2.24, 2.45) is 0 Å². The van der Waals surface area contributed by atoms with Crippen LogP contribution >= 0.6 is 0 Å². The van der Waals surface area contributed by atoms with Gasteiger partial charge in [-0.15, -0.1) is 0 Å². The van der Waals surface area contributed by atoms with E-state index in [0.717, 1.165) is 11.4 Å². The summed E-state index contributed by atoms with van der Waals surface area (Å²) in [5, 5.41) is 12.8. The van der Waals surface area contributed by atoms with E-state index in [1.54, 1.807) is 0 Å². The van der Waals surface area contributed by atoms with Crippen LogP contribution in [0.3, 0.4) is 0 Å². The van der Waals surface area contributed by atoms with E-state index in [1.807, 2.05) is 32.0 Å². The number of pyridine rings is 1. The lowest BCUT2D eigenvalue weighted by molar-refractivity contribution is 0.00641. The molecule has 0 aromatic carbocycles. The van der Waals surface area contributed by atoms with Gasteiger partial charge in [0.05, 0.1) is 31.6 Å². The molecule has 1 heterocycles. The molecular formula is C14H24N2O3. The Hall–Kier alpha value is -1.01. The Balaban J connectivity index is 2.05. The van der Waals surface area contributed by atoms with Crippen LogP contribution in [0.25, 0.3) is 0 Å². The van der Waals surface area contributed by atoms with E-state index in [1.165, 1.54) is 0 Å². The lowest BCUT2D eigenvalue weighted by Gasteiger charge is -2.12. The van der Waals surface area contributed by atoms with Crippen LogP contribution < -0.4 is 5.32 Å². The molecule has 0 aliphatic rings. The van der Waals surface area contributed by atoms with Crippen molar-refractivity contribution in [3.8, 4) is 0 Å².